The second kappa shape index (κ2) is 13.8. The first-order valence-electron chi connectivity index (χ1n) is 10.1. The van der Waals surface area contributed by atoms with Crippen molar-refractivity contribution in [1.29, 1.82) is 0 Å². The van der Waals surface area contributed by atoms with E-state index in [2.05, 4.69) is 27.9 Å². The van der Waals surface area contributed by atoms with E-state index in [0.717, 1.165) is 37.9 Å². The molecule has 1 aliphatic rings. The minimum atomic E-state index is -0.0293. The van der Waals surface area contributed by atoms with Crippen LogP contribution in [0.5, 0.6) is 0 Å². The van der Waals surface area contributed by atoms with Crippen molar-refractivity contribution < 1.29 is 14.6 Å². The Morgan fingerprint density at radius 2 is 2.00 bits per heavy atom. The summed E-state index contributed by atoms with van der Waals surface area (Å²) < 4.78 is 5.53. The number of hydrogen-bond acceptors (Lipinski definition) is 4. The molecule has 1 fully saturated rings. The number of aliphatic imine (C=N–C) groups is 1. The summed E-state index contributed by atoms with van der Waals surface area (Å²) >= 11 is 0. The third-order valence-electron chi connectivity index (χ3n) is 5.17. The molecule has 1 amide bonds. The number of carbonyl (C=O) groups is 1. The van der Waals surface area contributed by atoms with Crippen molar-refractivity contribution in [2.45, 2.75) is 39.2 Å². The van der Waals surface area contributed by atoms with Crippen molar-refractivity contribution in [3.8, 4) is 0 Å². The van der Waals surface area contributed by atoms with E-state index in [-0.39, 0.29) is 41.9 Å². The average Bonchev–Trinajstić information content (AvgIpc) is 3.17. The number of halogens is 1. The molecule has 8 heteroatoms. The van der Waals surface area contributed by atoms with Gasteiger partial charge in [0.15, 0.2) is 5.96 Å². The molecule has 1 saturated heterocycles. The number of benzene rings is 1. The molecule has 0 radical (unpaired) electrons. The lowest BCUT2D eigenvalue weighted by Gasteiger charge is -2.27. The molecule has 164 valence electrons. The van der Waals surface area contributed by atoms with Crippen LogP contribution in [-0.4, -0.2) is 56.9 Å². The highest BCUT2D eigenvalue weighted by atomic mass is 127. The third kappa shape index (κ3) is 8.47. The predicted molar refractivity (Wildman–Crippen MR) is 127 cm³/mol. The molecule has 1 unspecified atom stereocenters. The molecule has 1 aromatic rings. The number of amides is 1. The van der Waals surface area contributed by atoms with E-state index in [1.807, 2.05) is 24.3 Å². The molecular formula is C21H35IN4O3. The molecular weight excluding hydrogens is 483 g/mol. The summed E-state index contributed by atoms with van der Waals surface area (Å²) in [5.74, 6) is 0.684. The zero-order chi connectivity index (χ0) is 20.2. The lowest BCUT2D eigenvalue weighted by Crippen LogP contribution is -2.44. The topological polar surface area (TPSA) is 95.0 Å². The Bertz CT molecular complexity index is 631. The van der Waals surface area contributed by atoms with E-state index in [9.17, 15) is 9.90 Å². The van der Waals surface area contributed by atoms with Crippen LogP contribution >= 0.6 is 24.0 Å². The maximum Gasteiger partial charge on any atom is 0.251 e. The largest absolute Gasteiger partial charge is 0.396 e. The number of guanidine groups is 1. The lowest BCUT2D eigenvalue weighted by molar-refractivity contribution is 0.0953. The summed E-state index contributed by atoms with van der Waals surface area (Å²) in [6.07, 6.45) is 3.72. The van der Waals surface area contributed by atoms with Crippen molar-refractivity contribution in [2.24, 2.45) is 10.4 Å². The van der Waals surface area contributed by atoms with Gasteiger partial charge in [0.1, 0.15) is 0 Å². The molecule has 1 heterocycles. The molecule has 7 nitrogen and oxygen atoms in total. The van der Waals surface area contributed by atoms with Gasteiger partial charge in [0.05, 0.1) is 6.61 Å². The first-order valence-corrected chi connectivity index (χ1v) is 10.1. The van der Waals surface area contributed by atoms with E-state index in [1.54, 1.807) is 7.05 Å². The highest BCUT2D eigenvalue weighted by Crippen LogP contribution is 2.31. The second-order valence-electron chi connectivity index (χ2n) is 7.36. The SMILES string of the molecule is CCCCNC(=O)c1ccc(CNC(=NC)NCC2(CCO)CCOC2)cc1.I. The van der Waals surface area contributed by atoms with E-state index in [1.165, 1.54) is 0 Å². The van der Waals surface area contributed by atoms with Gasteiger partial charge in [-0.2, -0.15) is 0 Å². The molecule has 4 N–H and O–H groups in total. The van der Waals surface area contributed by atoms with Gasteiger partial charge >= 0.3 is 0 Å². The van der Waals surface area contributed by atoms with Gasteiger partial charge in [-0.05, 0) is 37.0 Å². The Labute approximate surface area is 191 Å². The van der Waals surface area contributed by atoms with E-state index in [4.69, 9.17) is 4.74 Å². The highest BCUT2D eigenvalue weighted by Gasteiger charge is 2.34. The van der Waals surface area contributed by atoms with Gasteiger partial charge in [-0.1, -0.05) is 25.5 Å². The fourth-order valence-corrected chi connectivity index (χ4v) is 3.24. The van der Waals surface area contributed by atoms with Crippen LogP contribution in [0, 0.1) is 5.41 Å². The van der Waals surface area contributed by atoms with Gasteiger partial charge in [-0.3, -0.25) is 9.79 Å². The first kappa shape index (κ1) is 25.6. The number of nitrogens with zero attached hydrogens (tertiary/aromatic N) is 1. The average molecular weight is 518 g/mol. The standard InChI is InChI=1S/C21H34N4O3.HI/c1-3-4-11-23-19(27)18-7-5-17(6-8-18)14-24-20(22-2)25-15-21(9-12-26)10-13-28-16-21;/h5-8,26H,3-4,9-16H2,1-2H3,(H,23,27)(H2,22,24,25);1H. The number of unbranched alkanes of at least 4 members (excludes halogenated alkanes) is 1. The van der Waals surface area contributed by atoms with E-state index < -0.39 is 0 Å². The fourth-order valence-electron chi connectivity index (χ4n) is 3.24. The van der Waals surface area contributed by atoms with Crippen LogP contribution in [0.4, 0.5) is 0 Å². The van der Waals surface area contributed by atoms with Gasteiger partial charge in [-0.15, -0.1) is 24.0 Å². The van der Waals surface area contributed by atoms with Crippen LogP contribution in [0.25, 0.3) is 0 Å². The molecule has 0 aromatic heterocycles. The van der Waals surface area contributed by atoms with Crippen molar-refractivity contribution >= 4 is 35.8 Å². The van der Waals surface area contributed by atoms with Crippen LogP contribution < -0.4 is 16.0 Å². The maximum absolute atomic E-state index is 12.1. The monoisotopic (exact) mass is 518 g/mol. The molecule has 1 atom stereocenters. The number of nitrogens with one attached hydrogen (secondary N) is 3. The van der Waals surface area contributed by atoms with Crippen LogP contribution in [0.3, 0.4) is 0 Å². The molecule has 0 spiro atoms. The molecule has 2 rings (SSSR count). The zero-order valence-electron chi connectivity index (χ0n) is 17.5. The van der Waals surface area contributed by atoms with Gasteiger partial charge in [0.2, 0.25) is 0 Å². The molecule has 0 bridgehead atoms. The smallest absolute Gasteiger partial charge is 0.251 e. The van der Waals surface area contributed by atoms with Crippen LogP contribution in [0.15, 0.2) is 29.3 Å². The van der Waals surface area contributed by atoms with Gasteiger partial charge in [0, 0.05) is 50.9 Å². The van der Waals surface area contributed by atoms with E-state index >= 15 is 0 Å². The Morgan fingerprint density at radius 3 is 2.59 bits per heavy atom. The van der Waals surface area contributed by atoms with Gasteiger partial charge in [-0.25, -0.2) is 0 Å². The third-order valence-corrected chi connectivity index (χ3v) is 5.17. The minimum absolute atomic E-state index is 0. The predicted octanol–water partition coefficient (Wildman–Crippen LogP) is 2.29. The Kier molecular flexibility index (Phi) is 12.2. The van der Waals surface area contributed by atoms with E-state index in [0.29, 0.717) is 37.8 Å². The summed E-state index contributed by atoms with van der Waals surface area (Å²) in [5, 5.41) is 18.9. The quantitative estimate of drug-likeness (QED) is 0.165. The van der Waals surface area contributed by atoms with Crippen molar-refractivity contribution in [3.63, 3.8) is 0 Å². The molecule has 1 aliphatic heterocycles. The van der Waals surface area contributed by atoms with Gasteiger partial charge < -0.3 is 25.8 Å². The number of rotatable bonds is 10. The zero-order valence-corrected chi connectivity index (χ0v) is 19.8. The first-order chi connectivity index (χ1) is 13.6. The number of ether oxygens (including phenoxy) is 1. The van der Waals surface area contributed by atoms with Crippen molar-refractivity contribution in [1.82, 2.24) is 16.0 Å². The molecule has 1 aromatic carbocycles. The highest BCUT2D eigenvalue weighted by molar-refractivity contribution is 14.0. The number of aliphatic hydroxyl groups excluding tert-OH is 1. The second-order valence-corrected chi connectivity index (χ2v) is 7.36. The molecule has 0 aliphatic carbocycles. The van der Waals surface area contributed by atoms with Gasteiger partial charge in [0.25, 0.3) is 5.91 Å². The summed E-state index contributed by atoms with van der Waals surface area (Å²) in [6, 6.07) is 7.60. The summed E-state index contributed by atoms with van der Waals surface area (Å²) in [7, 11) is 1.74. The normalized spacial score (nSPS) is 18.8. The van der Waals surface area contributed by atoms with Crippen molar-refractivity contribution in [2.75, 3.05) is 40.0 Å². The molecule has 29 heavy (non-hydrogen) atoms. The Hall–Kier alpha value is -1.39. The number of aliphatic hydroxyl groups is 1. The fraction of sp³-hybridized carbons (Fsp3) is 0.619. The molecule has 0 saturated carbocycles. The van der Waals surface area contributed by atoms with Crippen LogP contribution in [0.1, 0.15) is 48.5 Å². The number of hydrogen-bond donors (Lipinski definition) is 4. The summed E-state index contributed by atoms with van der Waals surface area (Å²) in [6.45, 7) is 5.71. The number of carbonyl (C=O) groups excluding carboxylic acids is 1. The maximum atomic E-state index is 12.1. The minimum Gasteiger partial charge on any atom is -0.396 e. The lowest BCUT2D eigenvalue weighted by atomic mass is 9.84. The Morgan fingerprint density at radius 1 is 1.24 bits per heavy atom. The summed E-state index contributed by atoms with van der Waals surface area (Å²) in [4.78, 5) is 16.3. The van der Waals surface area contributed by atoms with Crippen LogP contribution in [-0.2, 0) is 11.3 Å². The van der Waals surface area contributed by atoms with Crippen molar-refractivity contribution in [3.05, 3.63) is 35.4 Å². The summed E-state index contributed by atoms with van der Waals surface area (Å²) in [5.41, 5.74) is 1.72. The Balaban J connectivity index is 0.00000420. The van der Waals surface area contributed by atoms with Crippen LogP contribution in [0.2, 0.25) is 0 Å².